The van der Waals surface area contributed by atoms with Crippen LogP contribution in [0.1, 0.15) is 44.2 Å². The maximum atomic E-state index is 5.98. The Morgan fingerprint density at radius 1 is 1.14 bits per heavy atom. The van der Waals surface area contributed by atoms with E-state index in [0.717, 1.165) is 26.7 Å². The fourth-order valence-corrected chi connectivity index (χ4v) is 5.56. The van der Waals surface area contributed by atoms with E-state index < -0.39 is 0 Å². The van der Waals surface area contributed by atoms with Gasteiger partial charge in [-0.1, -0.05) is 58.2 Å². The van der Waals surface area contributed by atoms with Crippen LogP contribution < -0.4 is 5.30 Å². The normalized spacial score (nSPS) is 28.6. The molecule has 2 nitrogen and oxygen atoms in total. The molecule has 120 valence electrons. The van der Waals surface area contributed by atoms with Crippen LogP contribution in [0.15, 0.2) is 23.2 Å². The van der Waals surface area contributed by atoms with Crippen LogP contribution in [0.2, 0.25) is 0 Å². The van der Waals surface area contributed by atoms with Crippen molar-refractivity contribution >= 4 is 19.8 Å². The number of benzene rings is 1. The minimum Gasteiger partial charge on any atom is -0.478 e. The highest BCUT2D eigenvalue weighted by Crippen LogP contribution is 2.40. The average Bonchev–Trinajstić information content (AvgIpc) is 3.05. The summed E-state index contributed by atoms with van der Waals surface area (Å²) in [5.41, 5.74) is 3.49. The molecule has 4 atom stereocenters. The van der Waals surface area contributed by atoms with Gasteiger partial charge in [0.25, 0.3) is 0 Å². The van der Waals surface area contributed by atoms with E-state index in [2.05, 4.69) is 45.9 Å². The van der Waals surface area contributed by atoms with Crippen LogP contribution in [-0.4, -0.2) is 24.2 Å². The summed E-state index contributed by atoms with van der Waals surface area (Å²) >= 11 is 0. The lowest BCUT2D eigenvalue weighted by molar-refractivity contribution is 0.277. The van der Waals surface area contributed by atoms with Crippen molar-refractivity contribution < 1.29 is 4.74 Å². The highest BCUT2D eigenvalue weighted by molar-refractivity contribution is 7.48. The average molecular weight is 317 g/mol. The second kappa shape index (κ2) is 6.71. The van der Waals surface area contributed by atoms with E-state index >= 15 is 0 Å². The van der Waals surface area contributed by atoms with E-state index in [1.807, 2.05) is 0 Å². The number of ether oxygens (including phenoxy) is 1. The molecule has 1 fully saturated rings. The van der Waals surface area contributed by atoms with Crippen molar-refractivity contribution in [2.45, 2.75) is 58.7 Å². The van der Waals surface area contributed by atoms with E-state index in [-0.39, 0.29) is 0 Å². The molecular formula is C19H28NOP. The highest BCUT2D eigenvalue weighted by Gasteiger charge is 2.36. The molecule has 0 radical (unpaired) electrons. The predicted octanol–water partition coefficient (Wildman–Crippen LogP) is 4.23. The number of aliphatic imine (C=N–C) groups is 1. The van der Waals surface area contributed by atoms with Crippen molar-refractivity contribution in [3.8, 4) is 0 Å². The van der Waals surface area contributed by atoms with Gasteiger partial charge in [0.1, 0.15) is 6.61 Å². The van der Waals surface area contributed by atoms with Gasteiger partial charge in [-0.2, -0.15) is 0 Å². The van der Waals surface area contributed by atoms with E-state index in [1.165, 1.54) is 35.7 Å². The molecule has 0 aromatic heterocycles. The van der Waals surface area contributed by atoms with Gasteiger partial charge in [-0.25, -0.2) is 4.99 Å². The molecule has 0 spiro atoms. The molecule has 3 heteroatoms. The van der Waals surface area contributed by atoms with Crippen molar-refractivity contribution in [3.05, 3.63) is 29.3 Å². The first-order valence-electron chi connectivity index (χ1n) is 8.58. The lowest BCUT2D eigenvalue weighted by atomic mass is 10.1. The Morgan fingerprint density at radius 3 is 2.50 bits per heavy atom. The van der Waals surface area contributed by atoms with Crippen LogP contribution in [0.5, 0.6) is 0 Å². The second-order valence-corrected chi connectivity index (χ2v) is 8.86. The molecule has 1 aromatic carbocycles. The Kier molecular flexibility index (Phi) is 4.88. The van der Waals surface area contributed by atoms with Gasteiger partial charge in [-0.05, 0) is 43.6 Å². The summed E-state index contributed by atoms with van der Waals surface area (Å²) in [4.78, 5) is 4.90. The molecule has 1 aliphatic heterocycles. The van der Waals surface area contributed by atoms with Crippen molar-refractivity contribution in [2.24, 2.45) is 16.8 Å². The Bertz CT molecular complexity index is 546. The molecule has 1 aliphatic carbocycles. The molecule has 0 bridgehead atoms. The zero-order chi connectivity index (χ0) is 15.7. The minimum atomic E-state index is 0.376. The van der Waals surface area contributed by atoms with Crippen LogP contribution >= 0.6 is 8.58 Å². The van der Waals surface area contributed by atoms with Crippen LogP contribution in [0.4, 0.5) is 0 Å². The zero-order valence-electron chi connectivity index (χ0n) is 14.2. The van der Waals surface area contributed by atoms with Gasteiger partial charge in [0.2, 0.25) is 0 Å². The van der Waals surface area contributed by atoms with Gasteiger partial charge in [0, 0.05) is 5.92 Å². The molecule has 22 heavy (non-hydrogen) atoms. The maximum Gasteiger partial charge on any atom is 0.187 e. The molecule has 0 saturated heterocycles. The van der Waals surface area contributed by atoms with Crippen molar-refractivity contribution in [1.29, 1.82) is 0 Å². The van der Waals surface area contributed by atoms with E-state index in [4.69, 9.17) is 9.73 Å². The summed E-state index contributed by atoms with van der Waals surface area (Å²) in [5.74, 6) is 2.21. The summed E-state index contributed by atoms with van der Waals surface area (Å²) in [7, 11) is 0.884. The first-order valence-corrected chi connectivity index (χ1v) is 9.66. The van der Waals surface area contributed by atoms with Gasteiger partial charge in [-0.15, -0.1) is 0 Å². The molecule has 1 saturated carbocycles. The Hall–Kier alpha value is -0.880. The monoisotopic (exact) mass is 317 g/mol. The van der Waals surface area contributed by atoms with Crippen LogP contribution in [-0.2, 0) is 4.74 Å². The number of aryl methyl sites for hydroxylation is 2. The zero-order valence-corrected chi connectivity index (χ0v) is 15.2. The number of hydrogen-bond acceptors (Lipinski definition) is 2. The Labute approximate surface area is 136 Å². The van der Waals surface area contributed by atoms with Gasteiger partial charge in [-0.3, -0.25) is 0 Å². The van der Waals surface area contributed by atoms with E-state index in [9.17, 15) is 0 Å². The standard InChI is InChI=1S/C19H28NOP/c1-12(2)17-11-21-19(20-17)16-6-5-7-18(16)22-15-9-13(3)8-14(4)10-15/h8-10,12,16-18,22H,5-7,11H2,1-4H3. The predicted molar refractivity (Wildman–Crippen MR) is 97.0 cm³/mol. The topological polar surface area (TPSA) is 21.6 Å². The van der Waals surface area contributed by atoms with E-state index in [1.54, 1.807) is 0 Å². The van der Waals surface area contributed by atoms with Gasteiger partial charge in [0.05, 0.1) is 6.04 Å². The highest BCUT2D eigenvalue weighted by atomic mass is 31.1. The first kappa shape index (κ1) is 16.0. The van der Waals surface area contributed by atoms with Crippen molar-refractivity contribution in [2.75, 3.05) is 6.61 Å². The number of rotatable bonds is 4. The summed E-state index contributed by atoms with van der Waals surface area (Å²) < 4.78 is 5.98. The number of hydrogen-bond donors (Lipinski definition) is 0. The van der Waals surface area contributed by atoms with Crippen LogP contribution in [0, 0.1) is 25.7 Å². The minimum absolute atomic E-state index is 0.376. The summed E-state index contributed by atoms with van der Waals surface area (Å²) in [5, 5.41) is 1.51. The number of nitrogens with zero attached hydrogens (tertiary/aromatic N) is 1. The molecular weight excluding hydrogens is 289 g/mol. The van der Waals surface area contributed by atoms with Gasteiger partial charge >= 0.3 is 0 Å². The third kappa shape index (κ3) is 3.54. The lowest BCUT2D eigenvalue weighted by Crippen LogP contribution is -2.22. The fraction of sp³-hybridized carbons (Fsp3) is 0.632. The van der Waals surface area contributed by atoms with Gasteiger partial charge < -0.3 is 4.74 Å². The summed E-state index contributed by atoms with van der Waals surface area (Å²) in [6.07, 6.45) is 3.90. The molecule has 0 N–H and O–H groups in total. The smallest absolute Gasteiger partial charge is 0.187 e. The molecule has 1 heterocycles. The molecule has 0 amide bonds. The van der Waals surface area contributed by atoms with Crippen molar-refractivity contribution in [3.63, 3.8) is 0 Å². The first-order chi connectivity index (χ1) is 10.5. The van der Waals surface area contributed by atoms with E-state index in [0.29, 0.717) is 17.9 Å². The van der Waals surface area contributed by atoms with Crippen LogP contribution in [0.25, 0.3) is 0 Å². The van der Waals surface area contributed by atoms with Crippen molar-refractivity contribution in [1.82, 2.24) is 0 Å². The SMILES string of the molecule is Cc1cc(C)cc(PC2CCCC2C2=NC(C(C)C)CO2)c1. The largest absolute Gasteiger partial charge is 0.478 e. The maximum absolute atomic E-state index is 5.98. The molecule has 4 unspecified atom stereocenters. The van der Waals surface area contributed by atoms with Crippen LogP contribution in [0.3, 0.4) is 0 Å². The Morgan fingerprint density at radius 2 is 1.86 bits per heavy atom. The third-order valence-electron chi connectivity index (χ3n) is 4.87. The van der Waals surface area contributed by atoms with Gasteiger partial charge in [0.15, 0.2) is 5.90 Å². The Balaban J connectivity index is 1.72. The lowest BCUT2D eigenvalue weighted by Gasteiger charge is -2.19. The molecule has 1 aromatic rings. The summed E-state index contributed by atoms with van der Waals surface area (Å²) in [6.45, 7) is 9.67. The molecule has 2 aliphatic rings. The molecule has 3 rings (SSSR count). The third-order valence-corrected chi connectivity index (χ3v) is 6.56. The second-order valence-electron chi connectivity index (χ2n) is 7.25. The summed E-state index contributed by atoms with van der Waals surface area (Å²) in [6, 6.07) is 7.35. The fourth-order valence-electron chi connectivity index (χ4n) is 3.65. The quantitative estimate of drug-likeness (QED) is 0.762.